The molecule has 1 aromatic carbocycles. The Kier molecular flexibility index (Phi) is 3.77. The summed E-state index contributed by atoms with van der Waals surface area (Å²) in [5.41, 5.74) is 1.03. The lowest BCUT2D eigenvalue weighted by Gasteiger charge is -2.07. The van der Waals surface area contributed by atoms with E-state index in [0.717, 1.165) is 5.56 Å². The lowest BCUT2D eigenvalue weighted by atomic mass is 10.2. The summed E-state index contributed by atoms with van der Waals surface area (Å²) in [6.07, 6.45) is 0. The molecule has 2 aromatic heterocycles. The second-order valence-corrected chi connectivity index (χ2v) is 5.47. The fraction of sp³-hybridized carbons (Fsp3) is 0.200. The van der Waals surface area contributed by atoms with E-state index in [2.05, 4.69) is 15.2 Å². The van der Waals surface area contributed by atoms with Crippen LogP contribution < -0.4 is 5.56 Å². The number of benzene rings is 1. The topological polar surface area (TPSA) is 73.8 Å². The molecule has 7 heteroatoms. The molecule has 0 saturated heterocycles. The standard InChI is InChI=1S/C15H13ClN4O2/c1-9(2)20-13(21)7-6-12(18-20)15-17-14(19-22-15)10-4-3-5-11(16)8-10/h3-9H,1-2H3. The lowest BCUT2D eigenvalue weighted by molar-refractivity contribution is 0.426. The van der Waals surface area contributed by atoms with Gasteiger partial charge in [-0.05, 0) is 32.0 Å². The summed E-state index contributed by atoms with van der Waals surface area (Å²) in [5.74, 6) is 0.672. The SMILES string of the molecule is CC(C)n1nc(-c2nc(-c3cccc(Cl)c3)no2)ccc1=O. The van der Waals surface area contributed by atoms with Crippen LogP contribution in [0.2, 0.25) is 5.02 Å². The van der Waals surface area contributed by atoms with Gasteiger partial charge in [0.05, 0.1) is 6.04 Å². The molecular formula is C15H13ClN4O2. The first-order chi connectivity index (χ1) is 10.5. The number of hydrogen-bond donors (Lipinski definition) is 0. The van der Waals surface area contributed by atoms with Gasteiger partial charge in [0, 0.05) is 16.7 Å². The summed E-state index contributed by atoms with van der Waals surface area (Å²) in [7, 11) is 0. The van der Waals surface area contributed by atoms with Gasteiger partial charge in [0.1, 0.15) is 5.69 Å². The Hall–Kier alpha value is -2.47. The van der Waals surface area contributed by atoms with E-state index in [1.54, 1.807) is 18.2 Å². The van der Waals surface area contributed by atoms with Gasteiger partial charge in [0.15, 0.2) is 0 Å². The van der Waals surface area contributed by atoms with Gasteiger partial charge in [-0.2, -0.15) is 10.1 Å². The summed E-state index contributed by atoms with van der Waals surface area (Å²) < 4.78 is 6.61. The molecule has 0 fully saturated rings. The second-order valence-electron chi connectivity index (χ2n) is 5.03. The molecule has 22 heavy (non-hydrogen) atoms. The molecule has 2 heterocycles. The van der Waals surface area contributed by atoms with Crippen molar-refractivity contribution in [2.75, 3.05) is 0 Å². The maximum Gasteiger partial charge on any atom is 0.278 e. The van der Waals surface area contributed by atoms with Crippen molar-refractivity contribution in [2.45, 2.75) is 19.9 Å². The van der Waals surface area contributed by atoms with Gasteiger partial charge < -0.3 is 4.52 Å². The highest BCUT2D eigenvalue weighted by atomic mass is 35.5. The van der Waals surface area contributed by atoms with Crippen LogP contribution in [0, 0.1) is 0 Å². The van der Waals surface area contributed by atoms with Gasteiger partial charge in [0.25, 0.3) is 11.4 Å². The summed E-state index contributed by atoms with van der Waals surface area (Å²) >= 11 is 5.96. The minimum atomic E-state index is -0.173. The van der Waals surface area contributed by atoms with Crippen LogP contribution in [0.25, 0.3) is 23.0 Å². The van der Waals surface area contributed by atoms with Crippen molar-refractivity contribution in [3.05, 3.63) is 51.8 Å². The average molecular weight is 317 g/mol. The van der Waals surface area contributed by atoms with Crippen molar-refractivity contribution in [1.82, 2.24) is 19.9 Å². The Morgan fingerprint density at radius 3 is 2.77 bits per heavy atom. The predicted octanol–water partition coefficient (Wildman–Crippen LogP) is 3.19. The van der Waals surface area contributed by atoms with Gasteiger partial charge in [-0.1, -0.05) is 28.9 Å². The molecule has 0 spiro atoms. The molecule has 0 aliphatic carbocycles. The van der Waals surface area contributed by atoms with Crippen molar-refractivity contribution < 1.29 is 4.52 Å². The van der Waals surface area contributed by atoms with E-state index in [1.807, 2.05) is 26.0 Å². The summed E-state index contributed by atoms with van der Waals surface area (Å²) in [4.78, 5) is 16.0. The zero-order chi connectivity index (χ0) is 15.7. The first kappa shape index (κ1) is 14.5. The minimum Gasteiger partial charge on any atom is -0.332 e. The smallest absolute Gasteiger partial charge is 0.278 e. The van der Waals surface area contributed by atoms with Gasteiger partial charge in [-0.25, -0.2) is 4.68 Å². The molecule has 3 rings (SSSR count). The third-order valence-corrected chi connectivity index (χ3v) is 3.28. The highest BCUT2D eigenvalue weighted by molar-refractivity contribution is 6.30. The van der Waals surface area contributed by atoms with Crippen molar-refractivity contribution in [2.24, 2.45) is 0 Å². The van der Waals surface area contributed by atoms with Crippen LogP contribution in [-0.4, -0.2) is 19.9 Å². The largest absolute Gasteiger partial charge is 0.332 e. The second kappa shape index (κ2) is 5.73. The van der Waals surface area contributed by atoms with E-state index in [0.29, 0.717) is 16.5 Å². The van der Waals surface area contributed by atoms with Crippen molar-refractivity contribution in [1.29, 1.82) is 0 Å². The molecule has 112 valence electrons. The van der Waals surface area contributed by atoms with Crippen molar-refractivity contribution in [3.8, 4) is 23.0 Å². The van der Waals surface area contributed by atoms with Crippen molar-refractivity contribution in [3.63, 3.8) is 0 Å². The van der Waals surface area contributed by atoms with E-state index in [9.17, 15) is 4.79 Å². The monoisotopic (exact) mass is 316 g/mol. The fourth-order valence-corrected chi connectivity index (χ4v) is 2.17. The number of hydrogen-bond acceptors (Lipinski definition) is 5. The third-order valence-electron chi connectivity index (χ3n) is 3.04. The third kappa shape index (κ3) is 2.78. The number of aromatic nitrogens is 4. The molecule has 0 radical (unpaired) electrons. The Morgan fingerprint density at radius 1 is 1.23 bits per heavy atom. The van der Waals surface area contributed by atoms with Crippen LogP contribution in [0.15, 0.2) is 45.7 Å². The Balaban J connectivity index is 2.01. The summed E-state index contributed by atoms with van der Waals surface area (Å²) in [5, 5.41) is 8.77. The molecule has 6 nitrogen and oxygen atoms in total. The molecule has 0 bridgehead atoms. The van der Waals surface area contributed by atoms with E-state index in [4.69, 9.17) is 16.1 Å². The van der Waals surface area contributed by atoms with Crippen LogP contribution in [-0.2, 0) is 0 Å². The average Bonchev–Trinajstić information content (AvgIpc) is 2.97. The highest BCUT2D eigenvalue weighted by Gasteiger charge is 2.14. The van der Waals surface area contributed by atoms with Crippen LogP contribution in [0.1, 0.15) is 19.9 Å². The number of nitrogens with zero attached hydrogens (tertiary/aromatic N) is 4. The van der Waals surface area contributed by atoms with Crippen molar-refractivity contribution >= 4 is 11.6 Å². The Bertz CT molecular complexity index is 870. The van der Waals surface area contributed by atoms with Gasteiger partial charge in [0.2, 0.25) is 5.82 Å². The molecule has 0 aliphatic heterocycles. The maximum absolute atomic E-state index is 11.7. The van der Waals surface area contributed by atoms with E-state index in [1.165, 1.54) is 10.7 Å². The molecule has 0 aliphatic rings. The molecule has 0 N–H and O–H groups in total. The maximum atomic E-state index is 11.7. The first-order valence-corrected chi connectivity index (χ1v) is 7.12. The normalized spacial score (nSPS) is 11.1. The predicted molar refractivity (Wildman–Crippen MR) is 82.6 cm³/mol. The number of rotatable bonds is 3. The molecule has 3 aromatic rings. The van der Waals surface area contributed by atoms with Gasteiger partial charge in [-0.15, -0.1) is 0 Å². The molecule has 0 unspecified atom stereocenters. The Labute approximate surface area is 131 Å². The minimum absolute atomic E-state index is 0.0530. The molecule has 0 amide bonds. The molecular weight excluding hydrogens is 304 g/mol. The molecule has 0 saturated carbocycles. The van der Waals surface area contributed by atoms with E-state index < -0.39 is 0 Å². The number of halogens is 1. The summed E-state index contributed by atoms with van der Waals surface area (Å²) in [6.45, 7) is 3.76. The van der Waals surface area contributed by atoms with Crippen LogP contribution in [0.5, 0.6) is 0 Å². The molecule has 0 atom stereocenters. The van der Waals surface area contributed by atoms with Gasteiger partial charge in [-0.3, -0.25) is 4.79 Å². The van der Waals surface area contributed by atoms with E-state index in [-0.39, 0.29) is 17.5 Å². The van der Waals surface area contributed by atoms with E-state index >= 15 is 0 Å². The fourth-order valence-electron chi connectivity index (χ4n) is 1.98. The highest BCUT2D eigenvalue weighted by Crippen LogP contribution is 2.22. The first-order valence-electron chi connectivity index (χ1n) is 6.74. The lowest BCUT2D eigenvalue weighted by Crippen LogP contribution is -2.23. The van der Waals surface area contributed by atoms with Crippen LogP contribution >= 0.6 is 11.6 Å². The Morgan fingerprint density at radius 2 is 2.05 bits per heavy atom. The van der Waals surface area contributed by atoms with Crippen LogP contribution in [0.4, 0.5) is 0 Å². The van der Waals surface area contributed by atoms with Gasteiger partial charge >= 0.3 is 0 Å². The zero-order valence-electron chi connectivity index (χ0n) is 12.0. The van der Waals surface area contributed by atoms with Crippen LogP contribution in [0.3, 0.4) is 0 Å². The quantitative estimate of drug-likeness (QED) is 0.742. The zero-order valence-corrected chi connectivity index (χ0v) is 12.8. The summed E-state index contributed by atoms with van der Waals surface area (Å²) in [6, 6.07) is 10.1.